The van der Waals surface area contributed by atoms with E-state index in [-0.39, 0.29) is 16.7 Å². The van der Waals surface area contributed by atoms with E-state index >= 15 is 0 Å². The molecular weight excluding hydrogens is 291 g/mol. The minimum Gasteiger partial charge on any atom is -0.324 e. The van der Waals surface area contributed by atoms with Gasteiger partial charge < -0.3 is 10.2 Å². The topological polar surface area (TPSA) is 49.4 Å². The van der Waals surface area contributed by atoms with Crippen molar-refractivity contribution in [1.82, 2.24) is 4.90 Å². The fourth-order valence-corrected chi connectivity index (χ4v) is 4.39. The van der Waals surface area contributed by atoms with Gasteiger partial charge >= 0.3 is 0 Å². The standard InChI is InChI=1S/C15H17FN2O2S/c1-9-3-4-10(16)7-11(9)17-14(20)12-8-21-15(2)6-5-13(19)18(12)15/h3-4,7,12H,5-6,8H2,1-2H3,(H,17,20)/t12-,15-/m0/s1. The van der Waals surface area contributed by atoms with E-state index in [1.807, 2.05) is 13.8 Å². The van der Waals surface area contributed by atoms with E-state index < -0.39 is 11.9 Å². The maximum atomic E-state index is 13.3. The Morgan fingerprint density at radius 2 is 2.29 bits per heavy atom. The first-order chi connectivity index (χ1) is 9.90. The number of nitrogens with zero attached hydrogens (tertiary/aromatic N) is 1. The second-order valence-electron chi connectivity index (χ2n) is 5.71. The van der Waals surface area contributed by atoms with Crippen LogP contribution in [0.15, 0.2) is 18.2 Å². The molecule has 0 bridgehead atoms. The van der Waals surface area contributed by atoms with E-state index in [0.717, 1.165) is 12.0 Å². The van der Waals surface area contributed by atoms with Gasteiger partial charge in [0.15, 0.2) is 0 Å². The number of benzene rings is 1. The Morgan fingerprint density at radius 3 is 3.05 bits per heavy atom. The van der Waals surface area contributed by atoms with Crippen molar-refractivity contribution in [3.05, 3.63) is 29.6 Å². The summed E-state index contributed by atoms with van der Waals surface area (Å²) in [6, 6.07) is 3.81. The van der Waals surface area contributed by atoms with E-state index in [1.54, 1.807) is 22.7 Å². The molecule has 6 heteroatoms. The zero-order valence-electron chi connectivity index (χ0n) is 12.0. The molecule has 3 rings (SSSR count). The van der Waals surface area contributed by atoms with Crippen LogP contribution in [0, 0.1) is 12.7 Å². The zero-order valence-corrected chi connectivity index (χ0v) is 12.8. The second-order valence-corrected chi connectivity index (χ2v) is 7.22. The van der Waals surface area contributed by atoms with E-state index in [1.165, 1.54) is 12.1 Å². The third kappa shape index (κ3) is 2.41. The lowest BCUT2D eigenvalue weighted by atomic mass is 10.1. The fraction of sp³-hybridized carbons (Fsp3) is 0.467. The number of rotatable bonds is 2. The number of hydrogen-bond acceptors (Lipinski definition) is 3. The molecule has 1 N–H and O–H groups in total. The van der Waals surface area contributed by atoms with Gasteiger partial charge in [-0.05, 0) is 38.0 Å². The van der Waals surface area contributed by atoms with E-state index in [4.69, 9.17) is 0 Å². The molecule has 2 heterocycles. The van der Waals surface area contributed by atoms with Crippen molar-refractivity contribution in [3.8, 4) is 0 Å². The van der Waals surface area contributed by atoms with Crippen LogP contribution in [0.3, 0.4) is 0 Å². The van der Waals surface area contributed by atoms with Crippen LogP contribution in [0.5, 0.6) is 0 Å². The van der Waals surface area contributed by atoms with Crippen molar-refractivity contribution in [2.45, 2.75) is 37.6 Å². The van der Waals surface area contributed by atoms with Crippen molar-refractivity contribution >= 4 is 29.3 Å². The van der Waals surface area contributed by atoms with Crippen LogP contribution in [-0.2, 0) is 9.59 Å². The van der Waals surface area contributed by atoms with Crippen LogP contribution in [-0.4, -0.2) is 33.4 Å². The highest BCUT2D eigenvalue weighted by Gasteiger charge is 2.52. The number of anilines is 1. The number of aryl methyl sites for hydroxylation is 1. The largest absolute Gasteiger partial charge is 0.324 e. The summed E-state index contributed by atoms with van der Waals surface area (Å²) in [5, 5.41) is 2.76. The molecular formula is C15H17FN2O2S. The molecule has 0 saturated carbocycles. The van der Waals surface area contributed by atoms with E-state index in [0.29, 0.717) is 17.9 Å². The lowest BCUT2D eigenvalue weighted by Crippen LogP contribution is -2.48. The molecule has 21 heavy (non-hydrogen) atoms. The molecule has 2 aliphatic heterocycles. The summed E-state index contributed by atoms with van der Waals surface area (Å²) in [4.78, 5) is 25.9. The average Bonchev–Trinajstić information content (AvgIpc) is 2.91. The Kier molecular flexibility index (Phi) is 3.43. The molecule has 2 aliphatic rings. The van der Waals surface area contributed by atoms with Gasteiger partial charge in [0.25, 0.3) is 0 Å². The number of amides is 2. The third-order valence-electron chi connectivity index (χ3n) is 4.20. The number of fused-ring (bicyclic) bond motifs is 1. The quantitative estimate of drug-likeness (QED) is 0.913. The summed E-state index contributed by atoms with van der Waals surface area (Å²) in [5.74, 6) is -0.0183. The van der Waals surface area contributed by atoms with Crippen molar-refractivity contribution < 1.29 is 14.0 Å². The summed E-state index contributed by atoms with van der Waals surface area (Å²) in [7, 11) is 0. The zero-order chi connectivity index (χ0) is 15.2. The number of halogens is 1. The molecule has 0 radical (unpaired) electrons. The molecule has 2 fully saturated rings. The predicted octanol–water partition coefficient (Wildman–Crippen LogP) is 2.53. The van der Waals surface area contributed by atoms with Gasteiger partial charge in [0.05, 0.1) is 4.87 Å². The summed E-state index contributed by atoms with van der Waals surface area (Å²) in [6.45, 7) is 3.81. The lowest BCUT2D eigenvalue weighted by Gasteiger charge is -2.30. The number of carbonyl (C=O) groups is 2. The SMILES string of the molecule is Cc1ccc(F)cc1NC(=O)[C@@H]1CS[C@@]2(C)CCC(=O)N12. The summed E-state index contributed by atoms with van der Waals surface area (Å²) in [6.07, 6.45) is 1.27. The van der Waals surface area contributed by atoms with Crippen molar-refractivity contribution in [1.29, 1.82) is 0 Å². The first kappa shape index (κ1) is 14.4. The molecule has 0 spiro atoms. The second kappa shape index (κ2) is 5.02. The van der Waals surface area contributed by atoms with Gasteiger partial charge in [-0.3, -0.25) is 9.59 Å². The van der Waals surface area contributed by atoms with E-state index in [9.17, 15) is 14.0 Å². The molecule has 0 aromatic heterocycles. The Hall–Kier alpha value is -1.56. The van der Waals surface area contributed by atoms with Crippen LogP contribution in [0.4, 0.5) is 10.1 Å². The van der Waals surface area contributed by atoms with Crippen molar-refractivity contribution in [3.63, 3.8) is 0 Å². The highest BCUT2D eigenvalue weighted by molar-refractivity contribution is 8.01. The Morgan fingerprint density at radius 1 is 1.52 bits per heavy atom. The van der Waals surface area contributed by atoms with Gasteiger partial charge in [-0.15, -0.1) is 11.8 Å². The summed E-state index contributed by atoms with van der Waals surface area (Å²) in [5.41, 5.74) is 1.26. The van der Waals surface area contributed by atoms with Crippen LogP contribution in [0.25, 0.3) is 0 Å². The van der Waals surface area contributed by atoms with E-state index in [2.05, 4.69) is 5.32 Å². The molecule has 1 aromatic rings. The predicted molar refractivity (Wildman–Crippen MR) is 80.5 cm³/mol. The van der Waals surface area contributed by atoms with Crippen LogP contribution in [0.2, 0.25) is 0 Å². The Balaban J connectivity index is 1.80. The lowest BCUT2D eigenvalue weighted by molar-refractivity contribution is -0.135. The normalized spacial score (nSPS) is 27.9. The molecule has 4 nitrogen and oxygen atoms in total. The summed E-state index contributed by atoms with van der Waals surface area (Å²) < 4.78 is 13.3. The molecule has 112 valence electrons. The van der Waals surface area contributed by atoms with Crippen LogP contribution < -0.4 is 5.32 Å². The fourth-order valence-electron chi connectivity index (χ4n) is 2.96. The van der Waals surface area contributed by atoms with Gasteiger partial charge in [0.2, 0.25) is 11.8 Å². The molecule has 0 unspecified atom stereocenters. The van der Waals surface area contributed by atoms with Crippen LogP contribution in [0.1, 0.15) is 25.3 Å². The third-order valence-corrected chi connectivity index (χ3v) is 5.71. The maximum absolute atomic E-state index is 13.3. The number of hydrogen-bond donors (Lipinski definition) is 1. The van der Waals surface area contributed by atoms with Gasteiger partial charge in [-0.2, -0.15) is 0 Å². The molecule has 2 atom stereocenters. The van der Waals surface area contributed by atoms with Gasteiger partial charge in [0.1, 0.15) is 11.9 Å². The Labute approximate surface area is 127 Å². The smallest absolute Gasteiger partial charge is 0.248 e. The monoisotopic (exact) mass is 308 g/mol. The number of nitrogens with one attached hydrogen (secondary N) is 1. The minimum absolute atomic E-state index is 0.0265. The maximum Gasteiger partial charge on any atom is 0.248 e. The number of carbonyl (C=O) groups excluding carboxylic acids is 2. The Bertz CT molecular complexity index is 622. The molecule has 2 amide bonds. The van der Waals surface area contributed by atoms with Gasteiger partial charge in [-0.1, -0.05) is 6.07 Å². The van der Waals surface area contributed by atoms with Crippen LogP contribution >= 0.6 is 11.8 Å². The first-order valence-electron chi connectivity index (χ1n) is 6.94. The number of thioether (sulfide) groups is 1. The molecule has 0 aliphatic carbocycles. The molecule has 1 aromatic carbocycles. The van der Waals surface area contributed by atoms with Crippen molar-refractivity contribution in [2.24, 2.45) is 0 Å². The minimum atomic E-state index is -0.474. The highest BCUT2D eigenvalue weighted by atomic mass is 32.2. The van der Waals surface area contributed by atoms with Gasteiger partial charge in [-0.25, -0.2) is 4.39 Å². The van der Waals surface area contributed by atoms with Gasteiger partial charge in [0, 0.05) is 17.9 Å². The summed E-state index contributed by atoms with van der Waals surface area (Å²) >= 11 is 1.64. The molecule has 2 saturated heterocycles. The first-order valence-corrected chi connectivity index (χ1v) is 7.92. The van der Waals surface area contributed by atoms with Crippen molar-refractivity contribution in [2.75, 3.05) is 11.1 Å². The average molecular weight is 308 g/mol. The highest BCUT2D eigenvalue weighted by Crippen LogP contribution is 2.47.